The molecule has 0 saturated heterocycles. The predicted octanol–water partition coefficient (Wildman–Crippen LogP) is 1.37. The van der Waals surface area contributed by atoms with Crippen LogP contribution in [-0.4, -0.2) is 37.4 Å². The molecule has 0 amide bonds. The lowest BCUT2D eigenvalue weighted by Gasteiger charge is -2.10. The Hall–Kier alpha value is -2.83. The molecule has 0 heterocycles. The maximum atomic E-state index is 12.7. The first-order chi connectivity index (χ1) is 11.5. The van der Waals surface area contributed by atoms with Gasteiger partial charge in [0.2, 0.25) is 9.84 Å². The highest BCUT2D eigenvalue weighted by atomic mass is 32.2. The van der Waals surface area contributed by atoms with E-state index in [2.05, 4.69) is 0 Å². The lowest BCUT2D eigenvalue weighted by Crippen LogP contribution is -2.12. The number of para-hydroxylation sites is 1. The van der Waals surface area contributed by atoms with Crippen LogP contribution in [0, 0.1) is 10.1 Å². The number of aromatic carboxylic acids is 1. The van der Waals surface area contributed by atoms with Crippen LogP contribution in [0.3, 0.4) is 0 Å². The highest BCUT2D eigenvalue weighted by Crippen LogP contribution is 2.32. The molecular formula is C13H9NO9S2. The molecular weight excluding hydrogens is 378 g/mol. The third-order valence-electron chi connectivity index (χ3n) is 3.11. The summed E-state index contributed by atoms with van der Waals surface area (Å²) in [5.74, 6) is -1.56. The van der Waals surface area contributed by atoms with Gasteiger partial charge in [-0.25, -0.2) is 13.2 Å². The van der Waals surface area contributed by atoms with Crippen LogP contribution in [0.4, 0.5) is 5.69 Å². The first kappa shape index (κ1) is 18.5. The Morgan fingerprint density at radius 3 is 2.08 bits per heavy atom. The van der Waals surface area contributed by atoms with Crippen LogP contribution < -0.4 is 0 Å². The van der Waals surface area contributed by atoms with Crippen molar-refractivity contribution in [2.24, 2.45) is 0 Å². The summed E-state index contributed by atoms with van der Waals surface area (Å²) in [7, 11) is -9.87. The van der Waals surface area contributed by atoms with E-state index in [9.17, 15) is 36.3 Å². The molecule has 0 aliphatic heterocycles. The van der Waals surface area contributed by atoms with Gasteiger partial charge >= 0.3 is 5.97 Å². The molecule has 10 nitrogen and oxygen atoms in total. The molecule has 2 N–H and O–H groups in total. The quantitative estimate of drug-likeness (QED) is 0.437. The van der Waals surface area contributed by atoms with Crippen molar-refractivity contribution in [3.63, 3.8) is 0 Å². The molecule has 2 aromatic carbocycles. The highest BCUT2D eigenvalue weighted by molar-refractivity contribution is 7.93. The van der Waals surface area contributed by atoms with E-state index in [-0.39, 0.29) is 0 Å². The Morgan fingerprint density at radius 1 is 0.960 bits per heavy atom. The number of nitrogens with zero attached hydrogens (tertiary/aromatic N) is 1. The van der Waals surface area contributed by atoms with Crippen LogP contribution in [-0.2, 0) is 20.0 Å². The third-order valence-corrected chi connectivity index (χ3v) is 5.99. The molecule has 0 fully saturated rings. The number of carboxylic acid groups (broad SMARTS) is 1. The fourth-order valence-corrected chi connectivity index (χ4v) is 4.75. The van der Waals surface area contributed by atoms with Crippen molar-refractivity contribution in [1.29, 1.82) is 0 Å². The minimum atomic E-state index is -5.13. The molecule has 132 valence electrons. The number of nitro groups is 1. The Labute approximate surface area is 141 Å². The topological polar surface area (TPSA) is 169 Å². The van der Waals surface area contributed by atoms with Crippen molar-refractivity contribution in [2.75, 3.05) is 0 Å². The predicted molar refractivity (Wildman–Crippen MR) is 81.8 cm³/mol. The van der Waals surface area contributed by atoms with Crippen LogP contribution in [0.1, 0.15) is 10.4 Å². The van der Waals surface area contributed by atoms with E-state index >= 15 is 0 Å². The lowest BCUT2D eigenvalue weighted by atomic mass is 10.2. The molecule has 0 spiro atoms. The molecule has 2 rings (SSSR count). The van der Waals surface area contributed by atoms with Crippen molar-refractivity contribution in [3.8, 4) is 0 Å². The van der Waals surface area contributed by atoms with E-state index in [1.165, 1.54) is 12.1 Å². The molecule has 2 aromatic rings. The van der Waals surface area contributed by atoms with Gasteiger partial charge in [0.1, 0.15) is 9.79 Å². The fourth-order valence-electron chi connectivity index (χ4n) is 2.02. The molecule has 12 heteroatoms. The van der Waals surface area contributed by atoms with Gasteiger partial charge in [-0.1, -0.05) is 12.1 Å². The molecule has 0 aliphatic carbocycles. The minimum Gasteiger partial charge on any atom is -0.478 e. The summed E-state index contributed by atoms with van der Waals surface area (Å²) >= 11 is 0. The van der Waals surface area contributed by atoms with Gasteiger partial charge < -0.3 is 5.11 Å². The smallest absolute Gasteiger partial charge is 0.335 e. The summed E-state index contributed by atoms with van der Waals surface area (Å²) in [5, 5.41) is 19.9. The van der Waals surface area contributed by atoms with Gasteiger partial charge in [-0.3, -0.25) is 14.7 Å². The number of sulfone groups is 1. The van der Waals surface area contributed by atoms with Crippen LogP contribution >= 0.6 is 0 Å². The second-order valence-electron chi connectivity index (χ2n) is 4.67. The average molecular weight is 387 g/mol. The van der Waals surface area contributed by atoms with E-state index in [0.717, 1.165) is 18.2 Å². The molecule has 0 aromatic heterocycles. The number of carboxylic acids is 1. The summed E-state index contributed by atoms with van der Waals surface area (Å²) < 4.78 is 57.6. The van der Waals surface area contributed by atoms with E-state index < -0.39 is 56.8 Å². The minimum absolute atomic E-state index is 0.458. The van der Waals surface area contributed by atoms with E-state index in [0.29, 0.717) is 12.1 Å². The Balaban J connectivity index is 2.86. The van der Waals surface area contributed by atoms with Gasteiger partial charge in [0.05, 0.1) is 15.4 Å². The standard InChI is InChI=1S/C13H9NO9S2/c15-13(16)8-5-6-11(12(7-8)25(21,22)23)24(19,20)10-4-2-1-3-9(10)14(17)18/h1-7H,(H,15,16)(H,21,22,23). The van der Waals surface area contributed by atoms with Crippen LogP contribution in [0.25, 0.3) is 0 Å². The van der Waals surface area contributed by atoms with Gasteiger partial charge in [-0.2, -0.15) is 8.42 Å². The normalized spacial score (nSPS) is 11.9. The summed E-state index contributed by atoms with van der Waals surface area (Å²) in [5.41, 5.74) is -1.39. The average Bonchev–Trinajstić information content (AvgIpc) is 2.53. The Kier molecular flexibility index (Phi) is 4.61. The second kappa shape index (κ2) is 6.23. The van der Waals surface area contributed by atoms with Crippen molar-refractivity contribution in [3.05, 3.63) is 58.1 Å². The van der Waals surface area contributed by atoms with E-state index in [1.54, 1.807) is 0 Å². The number of rotatable bonds is 5. The van der Waals surface area contributed by atoms with Crippen molar-refractivity contribution in [2.45, 2.75) is 14.7 Å². The van der Waals surface area contributed by atoms with E-state index in [4.69, 9.17) is 5.11 Å². The van der Waals surface area contributed by atoms with Gasteiger partial charge in [0, 0.05) is 6.07 Å². The number of benzene rings is 2. The summed E-state index contributed by atoms with van der Waals surface area (Å²) in [6.07, 6.45) is 0. The fraction of sp³-hybridized carbons (Fsp3) is 0. The van der Waals surface area contributed by atoms with Gasteiger partial charge in [0.15, 0.2) is 0 Å². The zero-order valence-corrected chi connectivity index (χ0v) is 13.7. The first-order valence-corrected chi connectivity index (χ1v) is 9.22. The zero-order valence-electron chi connectivity index (χ0n) is 12.1. The zero-order chi connectivity index (χ0) is 19.0. The maximum absolute atomic E-state index is 12.7. The number of hydrogen-bond donors (Lipinski definition) is 2. The summed E-state index contributed by atoms with van der Waals surface area (Å²) in [4.78, 5) is 18.0. The molecule has 0 aliphatic rings. The lowest BCUT2D eigenvalue weighted by molar-refractivity contribution is -0.387. The van der Waals surface area contributed by atoms with Gasteiger partial charge in [-0.15, -0.1) is 0 Å². The van der Waals surface area contributed by atoms with Crippen LogP contribution in [0.5, 0.6) is 0 Å². The third kappa shape index (κ3) is 3.50. The maximum Gasteiger partial charge on any atom is 0.335 e. The summed E-state index contributed by atoms with van der Waals surface area (Å²) in [6, 6.07) is 6.13. The van der Waals surface area contributed by atoms with Gasteiger partial charge in [-0.05, 0) is 24.3 Å². The SMILES string of the molecule is O=C(O)c1ccc(S(=O)(=O)c2ccccc2[N+](=O)[O-])c(S(=O)(=O)O)c1. The van der Waals surface area contributed by atoms with E-state index in [1.807, 2.05) is 0 Å². The molecule has 0 radical (unpaired) electrons. The Morgan fingerprint density at radius 2 is 1.56 bits per heavy atom. The number of carbonyl (C=O) groups is 1. The number of hydrogen-bond acceptors (Lipinski definition) is 7. The van der Waals surface area contributed by atoms with Gasteiger partial charge in [0.25, 0.3) is 15.8 Å². The number of nitro benzene ring substituents is 1. The molecule has 0 atom stereocenters. The van der Waals surface area contributed by atoms with Crippen molar-refractivity contribution in [1.82, 2.24) is 0 Å². The largest absolute Gasteiger partial charge is 0.478 e. The monoisotopic (exact) mass is 387 g/mol. The highest BCUT2D eigenvalue weighted by Gasteiger charge is 2.32. The van der Waals surface area contributed by atoms with Crippen LogP contribution in [0.2, 0.25) is 0 Å². The second-order valence-corrected chi connectivity index (χ2v) is 7.95. The first-order valence-electron chi connectivity index (χ1n) is 6.29. The summed E-state index contributed by atoms with van der Waals surface area (Å²) in [6.45, 7) is 0. The van der Waals surface area contributed by atoms with Crippen LogP contribution in [0.15, 0.2) is 57.2 Å². The van der Waals surface area contributed by atoms with Crippen molar-refractivity contribution < 1.29 is 36.2 Å². The molecule has 25 heavy (non-hydrogen) atoms. The molecule has 0 bridgehead atoms. The molecule has 0 saturated carbocycles. The molecule has 0 unspecified atom stereocenters. The van der Waals surface area contributed by atoms with Crippen molar-refractivity contribution >= 4 is 31.6 Å². The Bertz CT molecular complexity index is 1090.